The first-order valence-corrected chi connectivity index (χ1v) is 4.55. The van der Waals surface area contributed by atoms with Crippen LogP contribution in [0.2, 0.25) is 0 Å². The van der Waals surface area contributed by atoms with Gasteiger partial charge >= 0.3 is 0 Å². The number of aliphatic hydroxyl groups excluding tert-OH is 1. The molecule has 0 rings (SSSR count). The molecule has 2 atom stereocenters. The Morgan fingerprint density at radius 1 is 1.42 bits per heavy atom. The number of nitrogens with zero attached hydrogens (tertiary/aromatic N) is 1. The summed E-state index contributed by atoms with van der Waals surface area (Å²) in [6.07, 6.45) is 2.10. The lowest BCUT2D eigenvalue weighted by atomic mass is 10.2. The van der Waals surface area contributed by atoms with Crippen molar-refractivity contribution in [1.29, 1.82) is 5.26 Å². The van der Waals surface area contributed by atoms with Crippen molar-refractivity contribution < 1.29 is 5.11 Å². The molecule has 0 aromatic carbocycles. The van der Waals surface area contributed by atoms with Crippen molar-refractivity contribution in [3.8, 4) is 6.07 Å². The second kappa shape index (κ2) is 7.08. The summed E-state index contributed by atoms with van der Waals surface area (Å²) in [5.74, 6) is 0. The van der Waals surface area contributed by atoms with E-state index in [2.05, 4.69) is 11.4 Å². The van der Waals surface area contributed by atoms with Gasteiger partial charge in [0.1, 0.15) is 0 Å². The first-order valence-electron chi connectivity index (χ1n) is 4.55. The van der Waals surface area contributed by atoms with E-state index in [1.54, 1.807) is 0 Å². The van der Waals surface area contributed by atoms with Gasteiger partial charge in [-0.3, -0.25) is 0 Å². The normalized spacial score (nSPS) is 15.2. The highest BCUT2D eigenvalue weighted by atomic mass is 16.3. The van der Waals surface area contributed by atoms with E-state index in [4.69, 9.17) is 5.26 Å². The molecule has 0 saturated carbocycles. The van der Waals surface area contributed by atoms with Gasteiger partial charge in [-0.2, -0.15) is 5.26 Å². The number of rotatable bonds is 6. The van der Waals surface area contributed by atoms with Gasteiger partial charge in [-0.05, 0) is 25.8 Å². The van der Waals surface area contributed by atoms with Crippen molar-refractivity contribution in [3.63, 3.8) is 0 Å². The maximum absolute atomic E-state index is 9.19. The van der Waals surface area contributed by atoms with E-state index in [0.29, 0.717) is 0 Å². The molecule has 0 aliphatic rings. The van der Waals surface area contributed by atoms with Crippen molar-refractivity contribution >= 4 is 0 Å². The van der Waals surface area contributed by atoms with Gasteiger partial charge in [0.25, 0.3) is 0 Å². The molecule has 0 saturated heterocycles. The van der Waals surface area contributed by atoms with Gasteiger partial charge in [-0.25, -0.2) is 0 Å². The SMILES string of the molecule is CCC(O)CCNC(C#N)CC. The average Bonchev–Trinajstić information content (AvgIpc) is 2.12. The van der Waals surface area contributed by atoms with Crippen LogP contribution >= 0.6 is 0 Å². The second-order valence-corrected chi connectivity index (χ2v) is 2.89. The molecule has 0 spiro atoms. The summed E-state index contributed by atoms with van der Waals surface area (Å²) >= 11 is 0. The summed E-state index contributed by atoms with van der Waals surface area (Å²) in [5.41, 5.74) is 0. The largest absolute Gasteiger partial charge is 0.393 e. The maximum Gasteiger partial charge on any atom is 0.0950 e. The Hall–Kier alpha value is -0.590. The van der Waals surface area contributed by atoms with Crippen LogP contribution in [-0.2, 0) is 0 Å². The maximum atomic E-state index is 9.19. The number of nitriles is 1. The Kier molecular flexibility index (Phi) is 6.73. The van der Waals surface area contributed by atoms with Crippen LogP contribution in [-0.4, -0.2) is 23.8 Å². The molecule has 0 radical (unpaired) electrons. The molecule has 0 aliphatic carbocycles. The summed E-state index contributed by atoms with van der Waals surface area (Å²) in [6.45, 7) is 4.64. The third-order valence-corrected chi connectivity index (χ3v) is 1.90. The fourth-order valence-corrected chi connectivity index (χ4v) is 0.910. The Labute approximate surface area is 74.4 Å². The van der Waals surface area contributed by atoms with Gasteiger partial charge in [0, 0.05) is 0 Å². The first-order chi connectivity index (χ1) is 5.74. The zero-order chi connectivity index (χ0) is 9.40. The third kappa shape index (κ3) is 5.11. The number of aliphatic hydroxyl groups is 1. The van der Waals surface area contributed by atoms with Gasteiger partial charge in [-0.15, -0.1) is 0 Å². The zero-order valence-corrected chi connectivity index (χ0v) is 7.88. The quantitative estimate of drug-likeness (QED) is 0.626. The van der Waals surface area contributed by atoms with E-state index in [0.717, 1.165) is 25.8 Å². The summed E-state index contributed by atoms with van der Waals surface area (Å²) in [4.78, 5) is 0. The molecular formula is C9H18N2O. The highest BCUT2D eigenvalue weighted by Gasteiger charge is 2.04. The number of hydrogen-bond acceptors (Lipinski definition) is 3. The first kappa shape index (κ1) is 11.4. The van der Waals surface area contributed by atoms with Gasteiger partial charge in [-0.1, -0.05) is 13.8 Å². The summed E-state index contributed by atoms with van der Waals surface area (Å²) in [5, 5.41) is 20.8. The van der Waals surface area contributed by atoms with Crippen LogP contribution in [0, 0.1) is 11.3 Å². The second-order valence-electron chi connectivity index (χ2n) is 2.89. The van der Waals surface area contributed by atoms with Gasteiger partial charge < -0.3 is 10.4 Å². The summed E-state index contributed by atoms with van der Waals surface area (Å²) in [6, 6.07) is 2.09. The predicted molar refractivity (Wildman–Crippen MR) is 48.6 cm³/mol. The molecule has 2 N–H and O–H groups in total. The smallest absolute Gasteiger partial charge is 0.0950 e. The fraction of sp³-hybridized carbons (Fsp3) is 0.889. The molecule has 12 heavy (non-hydrogen) atoms. The molecular weight excluding hydrogens is 152 g/mol. The van der Waals surface area contributed by atoms with E-state index in [1.807, 2.05) is 13.8 Å². The van der Waals surface area contributed by atoms with E-state index in [9.17, 15) is 5.11 Å². The molecule has 3 heteroatoms. The van der Waals surface area contributed by atoms with Crippen LogP contribution in [0.15, 0.2) is 0 Å². The standard InChI is InChI=1S/C9H18N2O/c1-3-8(7-10)11-6-5-9(12)4-2/h8-9,11-12H,3-6H2,1-2H3. The molecule has 3 nitrogen and oxygen atoms in total. The van der Waals surface area contributed by atoms with Gasteiger partial charge in [0.2, 0.25) is 0 Å². The van der Waals surface area contributed by atoms with Crippen molar-refractivity contribution in [2.75, 3.05) is 6.54 Å². The lowest BCUT2D eigenvalue weighted by Crippen LogP contribution is -2.29. The summed E-state index contributed by atoms with van der Waals surface area (Å²) < 4.78 is 0. The average molecular weight is 170 g/mol. The minimum Gasteiger partial charge on any atom is -0.393 e. The van der Waals surface area contributed by atoms with Crippen LogP contribution in [0.25, 0.3) is 0 Å². The van der Waals surface area contributed by atoms with E-state index < -0.39 is 0 Å². The van der Waals surface area contributed by atoms with Gasteiger partial charge in [0.15, 0.2) is 0 Å². The highest BCUT2D eigenvalue weighted by molar-refractivity contribution is 4.88. The van der Waals surface area contributed by atoms with Crippen LogP contribution in [0.1, 0.15) is 33.1 Å². The molecule has 0 fully saturated rings. The Balaban J connectivity index is 3.36. The minimum atomic E-state index is -0.228. The lowest BCUT2D eigenvalue weighted by Gasteiger charge is -2.11. The van der Waals surface area contributed by atoms with Crippen molar-refractivity contribution in [3.05, 3.63) is 0 Å². The Morgan fingerprint density at radius 2 is 2.08 bits per heavy atom. The molecule has 2 unspecified atom stereocenters. The van der Waals surface area contributed by atoms with Crippen molar-refractivity contribution in [1.82, 2.24) is 5.32 Å². The molecule has 70 valence electrons. The molecule has 0 aromatic rings. The van der Waals surface area contributed by atoms with Crippen LogP contribution < -0.4 is 5.32 Å². The minimum absolute atomic E-state index is 0.0611. The fourth-order valence-electron chi connectivity index (χ4n) is 0.910. The number of nitrogens with one attached hydrogen (secondary N) is 1. The van der Waals surface area contributed by atoms with Crippen molar-refractivity contribution in [2.24, 2.45) is 0 Å². The number of hydrogen-bond donors (Lipinski definition) is 2. The molecule has 0 aliphatic heterocycles. The van der Waals surface area contributed by atoms with E-state index in [-0.39, 0.29) is 12.1 Å². The zero-order valence-electron chi connectivity index (χ0n) is 7.88. The molecule has 0 bridgehead atoms. The lowest BCUT2D eigenvalue weighted by molar-refractivity contribution is 0.159. The van der Waals surface area contributed by atoms with E-state index >= 15 is 0 Å². The summed E-state index contributed by atoms with van der Waals surface area (Å²) in [7, 11) is 0. The van der Waals surface area contributed by atoms with Gasteiger partial charge in [0.05, 0.1) is 18.2 Å². The monoisotopic (exact) mass is 170 g/mol. The van der Waals surface area contributed by atoms with Crippen molar-refractivity contribution in [2.45, 2.75) is 45.3 Å². The third-order valence-electron chi connectivity index (χ3n) is 1.90. The van der Waals surface area contributed by atoms with Crippen LogP contribution in [0.4, 0.5) is 0 Å². The molecule has 0 amide bonds. The van der Waals surface area contributed by atoms with Crippen LogP contribution in [0.3, 0.4) is 0 Å². The molecule has 0 heterocycles. The topological polar surface area (TPSA) is 56.0 Å². The van der Waals surface area contributed by atoms with Crippen LogP contribution in [0.5, 0.6) is 0 Å². The Bertz CT molecular complexity index is 142. The van der Waals surface area contributed by atoms with E-state index in [1.165, 1.54) is 0 Å². The Morgan fingerprint density at radius 3 is 2.50 bits per heavy atom. The highest BCUT2D eigenvalue weighted by Crippen LogP contribution is 1.95. The predicted octanol–water partition coefficient (Wildman–Crippen LogP) is 1.04. The molecule has 0 aromatic heterocycles.